The lowest BCUT2D eigenvalue weighted by Gasteiger charge is -2.26. The predicted octanol–water partition coefficient (Wildman–Crippen LogP) is -1.20. The van der Waals surface area contributed by atoms with E-state index in [1.54, 1.807) is 10.7 Å². The number of hydrogen-bond donors (Lipinski definition) is 3. The second-order valence-corrected chi connectivity index (χ2v) is 6.71. The first-order chi connectivity index (χ1) is 12.9. The van der Waals surface area contributed by atoms with E-state index < -0.39 is 6.04 Å². The van der Waals surface area contributed by atoms with Gasteiger partial charge in [0, 0.05) is 38.2 Å². The maximum atomic E-state index is 12.4. The molecule has 2 saturated heterocycles. The first kappa shape index (κ1) is 22.6. The Hall–Kier alpha value is -2.48. The van der Waals surface area contributed by atoms with Gasteiger partial charge in [-0.3, -0.25) is 19.2 Å². The van der Waals surface area contributed by atoms with Crippen LogP contribution in [0.1, 0.15) is 31.9 Å². The van der Waals surface area contributed by atoms with E-state index in [1.807, 2.05) is 18.0 Å². The minimum absolute atomic E-state index is 0.0181. The molecule has 0 bridgehead atoms. The maximum absolute atomic E-state index is 12.4. The van der Waals surface area contributed by atoms with Gasteiger partial charge in [0.2, 0.25) is 24.6 Å². The van der Waals surface area contributed by atoms with Gasteiger partial charge in [-0.05, 0) is 29.2 Å². The molecule has 0 aromatic carbocycles. The van der Waals surface area contributed by atoms with Crippen molar-refractivity contribution in [3.05, 3.63) is 18.2 Å². The number of carbonyl (C=O) groups is 4. The van der Waals surface area contributed by atoms with Crippen molar-refractivity contribution in [3.63, 3.8) is 0 Å². The van der Waals surface area contributed by atoms with Gasteiger partial charge in [-0.15, -0.1) is 0 Å². The third-order valence-corrected chi connectivity index (χ3v) is 4.43. The van der Waals surface area contributed by atoms with Crippen LogP contribution in [0.15, 0.2) is 12.5 Å². The molecule has 0 spiro atoms. The number of aromatic nitrogens is 2. The van der Waals surface area contributed by atoms with Crippen molar-refractivity contribution < 1.29 is 19.2 Å². The molecule has 0 saturated carbocycles. The van der Waals surface area contributed by atoms with Crippen LogP contribution in [0, 0.1) is 0 Å². The van der Waals surface area contributed by atoms with Gasteiger partial charge >= 0.3 is 0 Å². The highest BCUT2D eigenvalue weighted by atomic mass is 31.0. The molecule has 0 aliphatic carbocycles. The van der Waals surface area contributed by atoms with Gasteiger partial charge in [-0.25, -0.2) is 4.98 Å². The molecule has 3 rings (SSSR count). The van der Waals surface area contributed by atoms with Crippen molar-refractivity contribution in [2.45, 2.75) is 44.7 Å². The molecule has 2 aliphatic rings. The lowest BCUT2D eigenvalue weighted by atomic mass is 10.1. The Morgan fingerprint density at radius 1 is 1.56 bits per heavy atom. The minimum Gasteiger partial charge on any atom is -0.372 e. The van der Waals surface area contributed by atoms with Crippen LogP contribution in [0.2, 0.25) is 0 Å². The third-order valence-electron chi connectivity index (χ3n) is 4.15. The van der Waals surface area contributed by atoms with Crippen molar-refractivity contribution in [2.75, 3.05) is 13.1 Å². The quantitative estimate of drug-likeness (QED) is 0.325. The van der Waals surface area contributed by atoms with Crippen molar-refractivity contribution in [3.8, 4) is 0 Å². The molecule has 3 heterocycles. The van der Waals surface area contributed by atoms with E-state index in [0.717, 1.165) is 38.0 Å². The van der Waals surface area contributed by atoms with E-state index in [1.165, 1.54) is 0 Å². The van der Waals surface area contributed by atoms with Gasteiger partial charge in [0.25, 0.3) is 0 Å². The van der Waals surface area contributed by atoms with Crippen LogP contribution in [0.3, 0.4) is 0 Å². The largest absolute Gasteiger partial charge is 0.372 e. The maximum Gasteiger partial charge on any atom is 0.245 e. The zero-order valence-electron chi connectivity index (χ0n) is 15.3. The number of nitrogens with two attached hydrogens (primary N) is 1. The molecule has 1 aromatic heterocycles. The number of nitrogens with zero attached hydrogens (tertiary/aromatic N) is 3. The van der Waals surface area contributed by atoms with E-state index in [-0.39, 0.29) is 24.3 Å². The molecule has 10 nitrogen and oxygen atoms in total. The molecule has 150 valence electrons. The van der Waals surface area contributed by atoms with Gasteiger partial charge in [-0.1, -0.05) is 0 Å². The number of imidazole rings is 1. The monoisotopic (exact) mass is 398 g/mol. The number of nitrogens with one attached hydrogen (secondary N) is 2. The molecule has 0 radical (unpaired) electrons. The van der Waals surface area contributed by atoms with Crippen LogP contribution in [-0.2, 0) is 25.6 Å². The summed E-state index contributed by atoms with van der Waals surface area (Å²) < 4.78 is 1.75. The standard InChI is InChI=1S/C12H19N4O2P.C3H5NO.CH3NO/c1-9-3-2-4-16(9)12(18)11(14-8-17)5-10-6-15(19)7-13-10;5-3-1-2-4-3;2-1-3/h6-9,11H,2-5,19H2,1H3,(H,14,17);1-2H2,(H,4,5);1H,(H2,2,3)/t9?,11-;;/m0../s1. The highest BCUT2D eigenvalue weighted by Crippen LogP contribution is 2.18. The predicted molar refractivity (Wildman–Crippen MR) is 102 cm³/mol. The van der Waals surface area contributed by atoms with Crippen molar-refractivity contribution in [1.29, 1.82) is 0 Å². The summed E-state index contributed by atoms with van der Waals surface area (Å²) in [6.45, 7) is 3.70. The molecule has 2 unspecified atom stereocenters. The number of primary amides is 1. The lowest BCUT2D eigenvalue weighted by Crippen LogP contribution is -2.48. The Balaban J connectivity index is 0.000000379. The van der Waals surface area contributed by atoms with E-state index in [4.69, 9.17) is 4.79 Å². The SMILES string of the molecule is CC1CCCN1C(=O)[C@H](Cc1cn(P)cn1)NC=O.NC=O.O=C1CCN1. The Labute approximate surface area is 160 Å². The molecule has 1 aromatic rings. The lowest BCUT2D eigenvalue weighted by molar-refractivity contribution is -0.135. The smallest absolute Gasteiger partial charge is 0.245 e. The van der Waals surface area contributed by atoms with E-state index >= 15 is 0 Å². The second kappa shape index (κ2) is 12.0. The zero-order chi connectivity index (χ0) is 20.2. The van der Waals surface area contributed by atoms with Gasteiger partial charge in [-0.2, -0.15) is 0 Å². The highest BCUT2D eigenvalue weighted by molar-refractivity contribution is 7.14. The Morgan fingerprint density at radius 2 is 2.19 bits per heavy atom. The van der Waals surface area contributed by atoms with Gasteiger partial charge in [0.1, 0.15) is 6.04 Å². The minimum atomic E-state index is -0.530. The Morgan fingerprint density at radius 3 is 2.56 bits per heavy atom. The molecule has 27 heavy (non-hydrogen) atoms. The summed E-state index contributed by atoms with van der Waals surface area (Å²) in [7, 11) is 2.48. The van der Waals surface area contributed by atoms with Crippen LogP contribution in [0.25, 0.3) is 0 Å². The first-order valence-corrected chi connectivity index (χ1v) is 9.14. The van der Waals surface area contributed by atoms with Gasteiger partial charge < -0.3 is 25.6 Å². The number of likely N-dealkylation sites (tertiary alicyclic amines) is 1. The highest BCUT2D eigenvalue weighted by Gasteiger charge is 2.30. The van der Waals surface area contributed by atoms with Crippen LogP contribution >= 0.6 is 9.39 Å². The fraction of sp³-hybridized carbons (Fsp3) is 0.562. The average Bonchev–Trinajstić information content (AvgIpc) is 3.21. The van der Waals surface area contributed by atoms with E-state index in [9.17, 15) is 14.4 Å². The Kier molecular flexibility index (Phi) is 10.0. The van der Waals surface area contributed by atoms with E-state index in [2.05, 4.69) is 30.7 Å². The number of amides is 4. The summed E-state index contributed by atoms with van der Waals surface area (Å²) in [5, 5.41) is 5.18. The second-order valence-electron chi connectivity index (χ2n) is 6.11. The number of rotatable bonds is 5. The fourth-order valence-electron chi connectivity index (χ4n) is 2.68. The average molecular weight is 398 g/mol. The number of hydrogen-bond acceptors (Lipinski definition) is 5. The van der Waals surface area contributed by atoms with Crippen molar-refractivity contribution in [1.82, 2.24) is 24.9 Å². The first-order valence-electron chi connectivity index (χ1n) is 8.63. The van der Waals surface area contributed by atoms with Crippen LogP contribution < -0.4 is 16.4 Å². The third kappa shape index (κ3) is 7.74. The summed E-state index contributed by atoms with van der Waals surface area (Å²) in [6.07, 6.45) is 7.52. The summed E-state index contributed by atoms with van der Waals surface area (Å²) >= 11 is 0. The summed E-state index contributed by atoms with van der Waals surface area (Å²) in [6, 6.07) is -0.277. The molecule has 4 amide bonds. The summed E-state index contributed by atoms with van der Waals surface area (Å²) in [4.78, 5) is 47.5. The number of carbonyl (C=O) groups excluding carboxylic acids is 4. The molecular formula is C16H27N6O4P. The normalized spacial score (nSPS) is 18.5. The molecule has 3 atom stereocenters. The van der Waals surface area contributed by atoms with Gasteiger partial charge in [0.15, 0.2) is 0 Å². The molecule has 11 heteroatoms. The van der Waals surface area contributed by atoms with Crippen LogP contribution in [0.4, 0.5) is 0 Å². The van der Waals surface area contributed by atoms with E-state index in [0.29, 0.717) is 12.8 Å². The Bertz CT molecular complexity index is 632. The topological polar surface area (TPSA) is 139 Å². The molecule has 2 aliphatic heterocycles. The van der Waals surface area contributed by atoms with Crippen LogP contribution in [0.5, 0.6) is 0 Å². The van der Waals surface area contributed by atoms with Crippen molar-refractivity contribution >= 4 is 34.0 Å². The summed E-state index contributed by atoms with van der Waals surface area (Å²) in [5.74, 6) is 0.167. The molecule has 2 fully saturated rings. The molecule has 4 N–H and O–H groups in total. The number of β-lactam (4-membered cyclic amide) rings is 1. The summed E-state index contributed by atoms with van der Waals surface area (Å²) in [5.41, 5.74) is 4.95. The van der Waals surface area contributed by atoms with Gasteiger partial charge in [0.05, 0.1) is 12.0 Å². The van der Waals surface area contributed by atoms with Crippen LogP contribution in [-0.4, -0.2) is 64.0 Å². The molecular weight excluding hydrogens is 371 g/mol. The zero-order valence-corrected chi connectivity index (χ0v) is 16.5. The van der Waals surface area contributed by atoms with Crippen molar-refractivity contribution in [2.24, 2.45) is 5.73 Å². The fourth-order valence-corrected chi connectivity index (χ4v) is 2.92.